The molecule has 1 aliphatic heterocycles. The lowest BCUT2D eigenvalue weighted by molar-refractivity contribution is -0.123. The number of imide groups is 1. The minimum atomic E-state index is -0.409. The van der Waals surface area contributed by atoms with E-state index in [0.29, 0.717) is 28.4 Å². The maximum absolute atomic E-state index is 13.0. The molecule has 2 aromatic carbocycles. The molecule has 0 radical (unpaired) electrons. The van der Waals surface area contributed by atoms with Gasteiger partial charge in [0, 0.05) is 0 Å². The Morgan fingerprint density at radius 2 is 1.61 bits per heavy atom. The maximum Gasteiger partial charge on any atom is 0.293 e. The van der Waals surface area contributed by atoms with Gasteiger partial charge in [-0.25, -0.2) is 4.39 Å². The highest BCUT2D eigenvalue weighted by Gasteiger charge is 2.35. The third-order valence-electron chi connectivity index (χ3n) is 4.11. The largest absolute Gasteiger partial charge is 0.493 e. The summed E-state index contributed by atoms with van der Waals surface area (Å²) in [6.07, 6.45) is 1.60. The van der Waals surface area contributed by atoms with Crippen molar-refractivity contribution in [3.63, 3.8) is 0 Å². The van der Waals surface area contributed by atoms with Crippen molar-refractivity contribution >= 4 is 29.0 Å². The molecule has 0 N–H and O–H groups in total. The van der Waals surface area contributed by atoms with Gasteiger partial charge in [-0.05, 0) is 53.2 Å². The lowest BCUT2D eigenvalue weighted by Crippen LogP contribution is -2.27. The van der Waals surface area contributed by atoms with E-state index in [4.69, 9.17) is 14.2 Å². The van der Waals surface area contributed by atoms with E-state index in [1.54, 1.807) is 30.3 Å². The van der Waals surface area contributed by atoms with Crippen LogP contribution in [-0.4, -0.2) is 37.4 Å². The maximum atomic E-state index is 13.0. The lowest BCUT2D eigenvalue weighted by atomic mass is 10.1. The van der Waals surface area contributed by atoms with Crippen molar-refractivity contribution in [1.82, 2.24) is 4.90 Å². The normalized spacial score (nSPS) is 15.3. The fraction of sp³-hybridized carbons (Fsp3) is 0.200. The number of carbonyl (C=O) groups excluding carboxylic acids is 2. The first-order valence-corrected chi connectivity index (χ1v) is 9.08. The molecule has 2 amide bonds. The number of methoxy groups -OCH3 is 3. The van der Waals surface area contributed by atoms with Gasteiger partial charge < -0.3 is 14.2 Å². The fourth-order valence-electron chi connectivity index (χ4n) is 2.74. The Morgan fingerprint density at radius 1 is 1.00 bits per heavy atom. The average Bonchev–Trinajstić information content (AvgIpc) is 2.96. The zero-order valence-corrected chi connectivity index (χ0v) is 16.3. The molecule has 0 bridgehead atoms. The molecule has 0 saturated carbocycles. The Morgan fingerprint density at radius 3 is 2.14 bits per heavy atom. The first kappa shape index (κ1) is 19.8. The Balaban J connectivity index is 1.88. The first-order valence-electron chi connectivity index (χ1n) is 8.26. The van der Waals surface area contributed by atoms with Crippen LogP contribution in [-0.2, 0) is 11.3 Å². The molecule has 0 spiro atoms. The Labute approximate surface area is 165 Å². The zero-order valence-electron chi connectivity index (χ0n) is 15.5. The van der Waals surface area contributed by atoms with Gasteiger partial charge in [0.2, 0.25) is 5.75 Å². The highest BCUT2D eigenvalue weighted by atomic mass is 32.2. The van der Waals surface area contributed by atoms with Crippen LogP contribution in [0.2, 0.25) is 0 Å². The van der Waals surface area contributed by atoms with Gasteiger partial charge in [0.25, 0.3) is 11.1 Å². The Bertz CT molecular complexity index is 917. The molecule has 0 aliphatic carbocycles. The molecule has 0 atom stereocenters. The van der Waals surface area contributed by atoms with Crippen molar-refractivity contribution in [2.45, 2.75) is 6.54 Å². The zero-order chi connectivity index (χ0) is 20.3. The molecule has 1 fully saturated rings. The Kier molecular flexibility index (Phi) is 5.89. The molecule has 28 heavy (non-hydrogen) atoms. The van der Waals surface area contributed by atoms with Crippen LogP contribution in [0.25, 0.3) is 6.08 Å². The number of ether oxygens (including phenoxy) is 3. The van der Waals surface area contributed by atoms with Crippen LogP contribution in [0.5, 0.6) is 17.2 Å². The highest BCUT2D eigenvalue weighted by molar-refractivity contribution is 8.18. The van der Waals surface area contributed by atoms with Crippen LogP contribution in [0.15, 0.2) is 41.3 Å². The molecule has 146 valence electrons. The highest BCUT2D eigenvalue weighted by Crippen LogP contribution is 2.40. The summed E-state index contributed by atoms with van der Waals surface area (Å²) < 4.78 is 28.9. The standard InChI is InChI=1S/C20H18FNO5S/c1-25-15-8-13(9-16(26-2)18(15)27-3)10-17-19(23)22(20(24)28-17)11-12-4-6-14(21)7-5-12/h4-10H,11H2,1-3H3/b17-10+. The summed E-state index contributed by atoms with van der Waals surface area (Å²) in [6.45, 7) is 0.0809. The van der Waals surface area contributed by atoms with E-state index >= 15 is 0 Å². The van der Waals surface area contributed by atoms with E-state index in [1.165, 1.54) is 33.5 Å². The molecule has 2 aromatic rings. The minimum absolute atomic E-state index is 0.0809. The summed E-state index contributed by atoms with van der Waals surface area (Å²) >= 11 is 0.847. The van der Waals surface area contributed by atoms with Gasteiger partial charge in [-0.15, -0.1) is 0 Å². The predicted molar refractivity (Wildman–Crippen MR) is 104 cm³/mol. The molecule has 1 aliphatic rings. The predicted octanol–water partition coefficient (Wildman–Crippen LogP) is 4.09. The van der Waals surface area contributed by atoms with Crippen LogP contribution in [0.3, 0.4) is 0 Å². The van der Waals surface area contributed by atoms with Gasteiger partial charge in [0.15, 0.2) is 11.5 Å². The molecule has 8 heteroatoms. The molecule has 1 saturated heterocycles. The van der Waals surface area contributed by atoms with Gasteiger partial charge in [-0.2, -0.15) is 0 Å². The van der Waals surface area contributed by atoms with Gasteiger partial charge in [0.1, 0.15) is 5.82 Å². The molecular formula is C20H18FNO5S. The minimum Gasteiger partial charge on any atom is -0.493 e. The number of hydrogen-bond acceptors (Lipinski definition) is 6. The van der Waals surface area contributed by atoms with Crippen molar-refractivity contribution < 1.29 is 28.2 Å². The molecule has 0 unspecified atom stereocenters. The van der Waals surface area contributed by atoms with Crippen LogP contribution < -0.4 is 14.2 Å². The summed E-state index contributed by atoms with van der Waals surface area (Å²) in [4.78, 5) is 26.4. The number of benzene rings is 2. The molecular weight excluding hydrogens is 385 g/mol. The van der Waals surface area contributed by atoms with Crippen molar-refractivity contribution in [1.29, 1.82) is 0 Å². The second-order valence-corrected chi connectivity index (χ2v) is 6.85. The SMILES string of the molecule is COc1cc(/C=C2/SC(=O)N(Cc3ccc(F)cc3)C2=O)cc(OC)c1OC. The van der Waals surface area contributed by atoms with Crippen molar-refractivity contribution in [2.24, 2.45) is 0 Å². The second kappa shape index (κ2) is 8.35. The van der Waals surface area contributed by atoms with Gasteiger partial charge in [-0.1, -0.05) is 12.1 Å². The van der Waals surface area contributed by atoms with E-state index in [9.17, 15) is 14.0 Å². The molecule has 6 nitrogen and oxygen atoms in total. The van der Waals surface area contributed by atoms with Crippen LogP contribution >= 0.6 is 11.8 Å². The van der Waals surface area contributed by atoms with Crippen LogP contribution in [0, 0.1) is 5.82 Å². The van der Waals surface area contributed by atoms with E-state index in [0.717, 1.165) is 16.7 Å². The summed E-state index contributed by atoms with van der Waals surface area (Å²) in [5, 5.41) is -0.381. The monoisotopic (exact) mass is 403 g/mol. The smallest absolute Gasteiger partial charge is 0.293 e. The number of carbonyl (C=O) groups is 2. The fourth-order valence-corrected chi connectivity index (χ4v) is 3.58. The topological polar surface area (TPSA) is 65.1 Å². The van der Waals surface area contributed by atoms with Crippen molar-refractivity contribution in [3.8, 4) is 17.2 Å². The molecule has 3 rings (SSSR count). The Hall–Kier alpha value is -3.00. The number of halogens is 1. The number of rotatable bonds is 6. The summed E-state index contributed by atoms with van der Waals surface area (Å²) in [5.41, 5.74) is 1.29. The number of amides is 2. The summed E-state index contributed by atoms with van der Waals surface area (Å²) in [6, 6.07) is 9.05. The average molecular weight is 403 g/mol. The van der Waals surface area contributed by atoms with Gasteiger partial charge in [0.05, 0.1) is 32.8 Å². The van der Waals surface area contributed by atoms with E-state index in [-0.39, 0.29) is 22.5 Å². The third-order valence-corrected chi connectivity index (χ3v) is 5.02. The number of hydrogen-bond donors (Lipinski definition) is 0. The van der Waals surface area contributed by atoms with Crippen LogP contribution in [0.4, 0.5) is 9.18 Å². The molecule has 1 heterocycles. The molecule has 0 aromatic heterocycles. The van der Waals surface area contributed by atoms with E-state index < -0.39 is 5.91 Å². The number of nitrogens with zero attached hydrogens (tertiary/aromatic N) is 1. The van der Waals surface area contributed by atoms with E-state index in [1.807, 2.05) is 0 Å². The van der Waals surface area contributed by atoms with Gasteiger partial charge >= 0.3 is 0 Å². The lowest BCUT2D eigenvalue weighted by Gasteiger charge is -2.13. The van der Waals surface area contributed by atoms with Gasteiger partial charge in [-0.3, -0.25) is 14.5 Å². The second-order valence-electron chi connectivity index (χ2n) is 5.85. The van der Waals surface area contributed by atoms with Crippen LogP contribution in [0.1, 0.15) is 11.1 Å². The quantitative estimate of drug-likeness (QED) is 0.677. The summed E-state index contributed by atoms with van der Waals surface area (Å²) in [7, 11) is 4.50. The van der Waals surface area contributed by atoms with Crippen molar-refractivity contribution in [2.75, 3.05) is 21.3 Å². The van der Waals surface area contributed by atoms with E-state index in [2.05, 4.69) is 0 Å². The summed E-state index contributed by atoms with van der Waals surface area (Å²) in [5.74, 6) is 0.539. The third kappa shape index (κ3) is 3.96. The van der Waals surface area contributed by atoms with Crippen molar-refractivity contribution in [3.05, 3.63) is 58.2 Å². The first-order chi connectivity index (χ1) is 13.5. The number of thioether (sulfide) groups is 1.